The maximum absolute atomic E-state index is 12.6. The number of nitrogens with one attached hydrogen (secondary N) is 1. The van der Waals surface area contributed by atoms with Crippen molar-refractivity contribution >= 4 is 39.5 Å². The van der Waals surface area contributed by atoms with E-state index in [-0.39, 0.29) is 15.5 Å². The largest absolute Gasteiger partial charge is 0.452 e. The zero-order valence-corrected chi connectivity index (χ0v) is 14.6. The first-order chi connectivity index (χ1) is 11.7. The number of esters is 1. The molecule has 1 saturated heterocycles. The van der Waals surface area contributed by atoms with Gasteiger partial charge in [-0.3, -0.25) is 10.1 Å². The average molecular weight is 390 g/mol. The highest BCUT2D eigenvalue weighted by Crippen LogP contribution is 2.28. The molecule has 0 aliphatic carbocycles. The fourth-order valence-corrected chi connectivity index (χ4v) is 4.30. The quantitative estimate of drug-likeness (QED) is 0.703. The third-order valence-electron chi connectivity index (χ3n) is 3.45. The number of rotatable bonds is 5. The Kier molecular flexibility index (Phi) is 5.98. The highest BCUT2D eigenvalue weighted by molar-refractivity contribution is 7.89. The minimum Gasteiger partial charge on any atom is -0.452 e. The molecule has 1 heterocycles. The number of halogens is 1. The Bertz CT molecular complexity index is 805. The van der Waals surface area contributed by atoms with Gasteiger partial charge in [0.25, 0.3) is 5.91 Å². The third-order valence-corrected chi connectivity index (χ3v) is 5.83. The minimum absolute atomic E-state index is 0.0186. The number of ether oxygens (including phenoxy) is 1. The fourth-order valence-electron chi connectivity index (χ4n) is 2.28. The Morgan fingerprint density at radius 2 is 1.88 bits per heavy atom. The van der Waals surface area contributed by atoms with Crippen molar-refractivity contribution in [3.8, 4) is 0 Å². The molecule has 1 fully saturated rings. The monoisotopic (exact) mass is 389 g/mol. The lowest BCUT2D eigenvalue weighted by Gasteiger charge is -2.17. The summed E-state index contributed by atoms with van der Waals surface area (Å²) in [5.74, 6) is -1.84. The van der Waals surface area contributed by atoms with Gasteiger partial charge in [-0.05, 0) is 31.0 Å². The minimum atomic E-state index is -3.82. The molecule has 0 unspecified atom stereocenters. The van der Waals surface area contributed by atoms with E-state index < -0.39 is 34.5 Å². The van der Waals surface area contributed by atoms with E-state index >= 15 is 0 Å². The van der Waals surface area contributed by atoms with Gasteiger partial charge in [-0.15, -0.1) is 0 Å². The number of sulfonamides is 1. The van der Waals surface area contributed by atoms with E-state index in [1.54, 1.807) is 5.32 Å². The van der Waals surface area contributed by atoms with Crippen molar-refractivity contribution in [1.29, 1.82) is 0 Å². The summed E-state index contributed by atoms with van der Waals surface area (Å²) in [5, 5.41) is 1.71. The van der Waals surface area contributed by atoms with Crippen LogP contribution in [0.3, 0.4) is 0 Å². The van der Waals surface area contributed by atoms with E-state index in [1.165, 1.54) is 16.4 Å². The summed E-state index contributed by atoms with van der Waals surface area (Å²) >= 11 is 5.98. The highest BCUT2D eigenvalue weighted by atomic mass is 35.5. The Morgan fingerprint density at radius 3 is 2.48 bits per heavy atom. The molecule has 0 atom stereocenters. The van der Waals surface area contributed by atoms with Crippen LogP contribution < -0.4 is 11.1 Å². The molecule has 1 aromatic rings. The lowest BCUT2D eigenvalue weighted by atomic mass is 10.2. The third kappa shape index (κ3) is 4.68. The van der Waals surface area contributed by atoms with Gasteiger partial charge in [0.05, 0.1) is 10.6 Å². The number of nitrogens with two attached hydrogens (primary N) is 1. The number of carbonyl (C=O) groups is 3. The summed E-state index contributed by atoms with van der Waals surface area (Å²) < 4.78 is 31.2. The second-order valence-electron chi connectivity index (χ2n) is 5.24. The van der Waals surface area contributed by atoms with Crippen LogP contribution in [0, 0.1) is 0 Å². The van der Waals surface area contributed by atoms with Crippen molar-refractivity contribution in [3.05, 3.63) is 28.8 Å². The number of amides is 3. The summed E-state index contributed by atoms with van der Waals surface area (Å²) in [5.41, 5.74) is 4.67. The lowest BCUT2D eigenvalue weighted by Crippen LogP contribution is -2.37. The van der Waals surface area contributed by atoms with Crippen LogP contribution in [0.4, 0.5) is 4.79 Å². The van der Waals surface area contributed by atoms with E-state index in [2.05, 4.69) is 0 Å². The predicted molar refractivity (Wildman–Crippen MR) is 87.5 cm³/mol. The van der Waals surface area contributed by atoms with Crippen molar-refractivity contribution in [2.75, 3.05) is 19.7 Å². The molecule has 1 aliphatic heterocycles. The van der Waals surface area contributed by atoms with Gasteiger partial charge in [-0.25, -0.2) is 18.0 Å². The van der Waals surface area contributed by atoms with Crippen molar-refractivity contribution in [2.45, 2.75) is 17.7 Å². The maximum Gasteiger partial charge on any atom is 0.338 e. The Labute approximate surface area is 149 Å². The van der Waals surface area contributed by atoms with E-state index in [9.17, 15) is 22.8 Å². The summed E-state index contributed by atoms with van der Waals surface area (Å²) in [6.45, 7) is 0.0415. The molecule has 11 heteroatoms. The molecule has 1 aliphatic rings. The predicted octanol–water partition coefficient (Wildman–Crippen LogP) is 0.476. The van der Waals surface area contributed by atoms with E-state index in [0.717, 1.165) is 18.9 Å². The molecule has 0 radical (unpaired) electrons. The first-order valence-corrected chi connectivity index (χ1v) is 9.09. The van der Waals surface area contributed by atoms with Crippen LogP contribution in [0.25, 0.3) is 0 Å². The molecule has 3 amide bonds. The van der Waals surface area contributed by atoms with Crippen LogP contribution in [-0.4, -0.2) is 50.3 Å². The standard InChI is InChI=1S/C14H16ClN3O6S/c15-10-4-3-9(13(20)24-8-12(19)17-14(16)21)7-11(10)25(22,23)18-5-1-2-6-18/h3-4,7H,1-2,5-6,8H2,(H3,16,17,19,21). The highest BCUT2D eigenvalue weighted by Gasteiger charge is 2.30. The van der Waals surface area contributed by atoms with Gasteiger partial charge in [-0.2, -0.15) is 4.31 Å². The molecular weight excluding hydrogens is 374 g/mol. The van der Waals surface area contributed by atoms with Crippen LogP contribution in [0.2, 0.25) is 5.02 Å². The zero-order valence-electron chi connectivity index (χ0n) is 13.0. The van der Waals surface area contributed by atoms with Gasteiger partial charge in [0, 0.05) is 13.1 Å². The molecule has 2 rings (SSSR count). The number of imide groups is 1. The number of primary amides is 1. The van der Waals surface area contributed by atoms with Gasteiger partial charge in [0.2, 0.25) is 10.0 Å². The van der Waals surface area contributed by atoms with Crippen LogP contribution in [0.1, 0.15) is 23.2 Å². The number of hydrogen-bond donors (Lipinski definition) is 2. The van der Waals surface area contributed by atoms with Crippen molar-refractivity contribution in [3.63, 3.8) is 0 Å². The molecular formula is C14H16ClN3O6S. The number of urea groups is 1. The summed E-state index contributed by atoms with van der Waals surface area (Å²) in [7, 11) is -3.82. The van der Waals surface area contributed by atoms with Crippen molar-refractivity contribution in [2.24, 2.45) is 5.73 Å². The van der Waals surface area contributed by atoms with Gasteiger partial charge in [0.1, 0.15) is 4.90 Å². The number of carbonyl (C=O) groups excluding carboxylic acids is 3. The second kappa shape index (κ2) is 7.81. The van der Waals surface area contributed by atoms with Crippen LogP contribution in [-0.2, 0) is 19.6 Å². The Hall–Kier alpha value is -2.17. The Balaban J connectivity index is 2.16. The topological polar surface area (TPSA) is 136 Å². The van der Waals surface area contributed by atoms with Gasteiger partial charge < -0.3 is 10.5 Å². The molecule has 0 bridgehead atoms. The van der Waals surface area contributed by atoms with Crippen LogP contribution >= 0.6 is 11.6 Å². The maximum atomic E-state index is 12.6. The van der Waals surface area contributed by atoms with Crippen LogP contribution in [0.5, 0.6) is 0 Å². The molecule has 0 spiro atoms. The molecule has 3 N–H and O–H groups in total. The fraction of sp³-hybridized carbons (Fsp3) is 0.357. The van der Waals surface area contributed by atoms with Gasteiger partial charge in [-0.1, -0.05) is 11.6 Å². The summed E-state index contributed by atoms with van der Waals surface area (Å²) in [6.07, 6.45) is 1.51. The van der Waals surface area contributed by atoms with Gasteiger partial charge >= 0.3 is 12.0 Å². The number of benzene rings is 1. The zero-order chi connectivity index (χ0) is 18.6. The van der Waals surface area contributed by atoms with E-state index in [0.29, 0.717) is 13.1 Å². The molecule has 1 aromatic carbocycles. The second-order valence-corrected chi connectivity index (χ2v) is 7.56. The SMILES string of the molecule is NC(=O)NC(=O)COC(=O)c1ccc(Cl)c(S(=O)(=O)N2CCCC2)c1. The van der Waals surface area contributed by atoms with Crippen molar-refractivity contribution in [1.82, 2.24) is 9.62 Å². The molecule has 9 nitrogen and oxygen atoms in total. The first kappa shape index (κ1) is 19.2. The number of nitrogens with zero attached hydrogens (tertiary/aromatic N) is 1. The van der Waals surface area contributed by atoms with E-state index in [1.807, 2.05) is 0 Å². The first-order valence-electron chi connectivity index (χ1n) is 7.28. The normalized spacial score (nSPS) is 14.9. The lowest BCUT2D eigenvalue weighted by molar-refractivity contribution is -0.123. The Morgan fingerprint density at radius 1 is 1.24 bits per heavy atom. The van der Waals surface area contributed by atoms with Gasteiger partial charge in [0.15, 0.2) is 6.61 Å². The smallest absolute Gasteiger partial charge is 0.338 e. The average Bonchev–Trinajstić information content (AvgIpc) is 3.07. The molecule has 0 aromatic heterocycles. The molecule has 0 saturated carbocycles. The van der Waals surface area contributed by atoms with Crippen molar-refractivity contribution < 1.29 is 27.5 Å². The van der Waals surface area contributed by atoms with E-state index in [4.69, 9.17) is 22.1 Å². The number of hydrogen-bond acceptors (Lipinski definition) is 6. The summed E-state index contributed by atoms with van der Waals surface area (Å²) in [4.78, 5) is 33.5. The molecule has 136 valence electrons. The summed E-state index contributed by atoms with van der Waals surface area (Å²) in [6, 6.07) is 2.57. The van der Waals surface area contributed by atoms with Crippen LogP contribution in [0.15, 0.2) is 23.1 Å². The molecule has 25 heavy (non-hydrogen) atoms.